The Bertz CT molecular complexity index is 565. The summed E-state index contributed by atoms with van der Waals surface area (Å²) in [5, 5.41) is 8.31. The van der Waals surface area contributed by atoms with Crippen molar-refractivity contribution in [3.05, 3.63) is 34.9 Å². The molecule has 2 rings (SSSR count). The van der Waals surface area contributed by atoms with Crippen molar-refractivity contribution in [2.24, 2.45) is 14.1 Å². The van der Waals surface area contributed by atoms with Gasteiger partial charge in [-0.1, -0.05) is 0 Å². The molecule has 90 valence electrons. The van der Waals surface area contributed by atoms with Crippen molar-refractivity contribution in [2.75, 3.05) is 0 Å². The first kappa shape index (κ1) is 11.6. The zero-order valence-electron chi connectivity index (χ0n) is 10.6. The van der Waals surface area contributed by atoms with Crippen molar-refractivity contribution < 1.29 is 4.79 Å². The highest BCUT2D eigenvalue weighted by atomic mass is 16.1. The summed E-state index contributed by atoms with van der Waals surface area (Å²) in [6.45, 7) is 3.91. The number of aryl methyl sites for hydroxylation is 3. The molecule has 0 aromatic carbocycles. The molecule has 17 heavy (non-hydrogen) atoms. The Balaban J connectivity index is 2.28. The lowest BCUT2D eigenvalue weighted by Gasteiger charge is -2.02. The summed E-state index contributed by atoms with van der Waals surface area (Å²) in [6.07, 6.45) is 2.02. The van der Waals surface area contributed by atoms with E-state index in [9.17, 15) is 4.79 Å². The molecule has 0 aliphatic carbocycles. The molecule has 0 fully saturated rings. The van der Waals surface area contributed by atoms with Gasteiger partial charge >= 0.3 is 0 Å². The number of carbonyl (C=O) groups excluding carboxylic acids is 1. The standard InChI is InChI=1S/C12H16N4O/c1-8-10(9(2)15(3)14-8)7-12(17)11-5-6-13-16(11)4/h5-6H,7H2,1-4H3. The van der Waals surface area contributed by atoms with Gasteiger partial charge in [-0.2, -0.15) is 10.2 Å². The van der Waals surface area contributed by atoms with Gasteiger partial charge in [-0.3, -0.25) is 14.2 Å². The van der Waals surface area contributed by atoms with Crippen molar-refractivity contribution in [3.8, 4) is 0 Å². The van der Waals surface area contributed by atoms with E-state index in [4.69, 9.17) is 0 Å². The molecule has 0 aliphatic heterocycles. The third-order valence-electron chi connectivity index (χ3n) is 3.10. The Kier molecular flexibility index (Phi) is 2.83. The van der Waals surface area contributed by atoms with Crippen molar-refractivity contribution >= 4 is 5.78 Å². The molecule has 2 heterocycles. The minimum absolute atomic E-state index is 0.0733. The maximum atomic E-state index is 12.1. The molecular weight excluding hydrogens is 216 g/mol. The number of aromatic nitrogens is 4. The molecule has 5 heteroatoms. The number of carbonyl (C=O) groups is 1. The molecule has 0 aliphatic rings. The maximum absolute atomic E-state index is 12.1. The van der Waals surface area contributed by atoms with E-state index in [2.05, 4.69) is 10.2 Å². The molecule has 2 aromatic heterocycles. The molecule has 0 saturated carbocycles. The second-order valence-electron chi connectivity index (χ2n) is 4.21. The first-order valence-corrected chi connectivity index (χ1v) is 5.51. The SMILES string of the molecule is Cc1nn(C)c(C)c1CC(=O)c1ccnn1C. The van der Waals surface area contributed by atoms with E-state index in [1.807, 2.05) is 20.9 Å². The van der Waals surface area contributed by atoms with Crippen LogP contribution in [-0.2, 0) is 20.5 Å². The van der Waals surface area contributed by atoms with Crippen LogP contribution < -0.4 is 0 Å². The average molecular weight is 232 g/mol. The molecule has 2 aromatic rings. The van der Waals surface area contributed by atoms with Crippen LogP contribution >= 0.6 is 0 Å². The molecule has 0 bridgehead atoms. The lowest BCUT2D eigenvalue weighted by Crippen LogP contribution is -2.10. The summed E-state index contributed by atoms with van der Waals surface area (Å²) >= 11 is 0. The van der Waals surface area contributed by atoms with E-state index in [0.717, 1.165) is 17.0 Å². The van der Waals surface area contributed by atoms with Gasteiger partial charge < -0.3 is 0 Å². The molecule has 0 unspecified atom stereocenters. The van der Waals surface area contributed by atoms with Crippen LogP contribution in [0.1, 0.15) is 27.4 Å². The number of nitrogens with zero attached hydrogens (tertiary/aromatic N) is 4. The van der Waals surface area contributed by atoms with E-state index in [1.165, 1.54) is 0 Å². The first-order valence-electron chi connectivity index (χ1n) is 5.51. The molecule has 0 saturated heterocycles. The summed E-state index contributed by atoms with van der Waals surface area (Å²) in [4.78, 5) is 12.1. The van der Waals surface area contributed by atoms with Gasteiger partial charge in [0.25, 0.3) is 0 Å². The molecule has 0 N–H and O–H groups in total. The highest BCUT2D eigenvalue weighted by molar-refractivity contribution is 5.96. The fourth-order valence-corrected chi connectivity index (χ4v) is 1.97. The summed E-state index contributed by atoms with van der Waals surface area (Å²) in [7, 11) is 3.66. The minimum atomic E-state index is 0.0733. The molecule has 0 atom stereocenters. The van der Waals surface area contributed by atoms with Crippen molar-refractivity contribution in [1.29, 1.82) is 0 Å². The third kappa shape index (κ3) is 2.00. The van der Waals surface area contributed by atoms with Crippen molar-refractivity contribution in [3.63, 3.8) is 0 Å². The average Bonchev–Trinajstić information content (AvgIpc) is 2.78. The quantitative estimate of drug-likeness (QED) is 0.747. The van der Waals surface area contributed by atoms with E-state index in [1.54, 1.807) is 28.7 Å². The van der Waals surface area contributed by atoms with Gasteiger partial charge in [-0.15, -0.1) is 0 Å². The van der Waals surface area contributed by atoms with Crippen LogP contribution in [0.5, 0.6) is 0 Å². The van der Waals surface area contributed by atoms with Crippen LogP contribution in [0.3, 0.4) is 0 Å². The van der Waals surface area contributed by atoms with Crippen molar-refractivity contribution in [1.82, 2.24) is 19.6 Å². The molecule has 0 amide bonds. The molecule has 0 spiro atoms. The van der Waals surface area contributed by atoms with Gasteiger partial charge in [0.1, 0.15) is 5.69 Å². The van der Waals surface area contributed by atoms with E-state index in [-0.39, 0.29) is 5.78 Å². The largest absolute Gasteiger partial charge is 0.292 e. The molecular formula is C12H16N4O. The fourth-order valence-electron chi connectivity index (χ4n) is 1.97. The zero-order valence-corrected chi connectivity index (χ0v) is 10.6. The second kappa shape index (κ2) is 4.16. The van der Waals surface area contributed by atoms with Gasteiger partial charge in [0.05, 0.1) is 5.69 Å². The number of Topliss-reactive ketones (excluding diaryl/α,β-unsaturated/α-hetero) is 1. The summed E-state index contributed by atoms with van der Waals surface area (Å²) in [6, 6.07) is 1.74. The fraction of sp³-hybridized carbons (Fsp3) is 0.417. The Hall–Kier alpha value is -1.91. The lowest BCUT2D eigenvalue weighted by molar-refractivity contribution is 0.0983. The maximum Gasteiger partial charge on any atom is 0.185 e. The van der Waals surface area contributed by atoms with Crippen LogP contribution in [0, 0.1) is 13.8 Å². The predicted octanol–water partition coefficient (Wildman–Crippen LogP) is 1.20. The smallest absolute Gasteiger partial charge is 0.185 e. The lowest BCUT2D eigenvalue weighted by atomic mass is 10.1. The van der Waals surface area contributed by atoms with Crippen molar-refractivity contribution in [2.45, 2.75) is 20.3 Å². The number of rotatable bonds is 3. The van der Waals surface area contributed by atoms with E-state index >= 15 is 0 Å². The van der Waals surface area contributed by atoms with Gasteiger partial charge in [-0.05, 0) is 19.9 Å². The third-order valence-corrected chi connectivity index (χ3v) is 3.10. The molecule has 5 nitrogen and oxygen atoms in total. The highest BCUT2D eigenvalue weighted by Crippen LogP contribution is 2.14. The van der Waals surface area contributed by atoms with Crippen LogP contribution in [0.25, 0.3) is 0 Å². The van der Waals surface area contributed by atoms with Gasteiger partial charge in [0, 0.05) is 38.0 Å². The number of hydrogen-bond donors (Lipinski definition) is 0. The number of ketones is 1. The second-order valence-corrected chi connectivity index (χ2v) is 4.21. The van der Waals surface area contributed by atoms with Gasteiger partial charge in [-0.25, -0.2) is 0 Å². The van der Waals surface area contributed by atoms with Gasteiger partial charge in [0.2, 0.25) is 0 Å². The highest BCUT2D eigenvalue weighted by Gasteiger charge is 2.16. The topological polar surface area (TPSA) is 52.7 Å². The minimum Gasteiger partial charge on any atom is -0.292 e. The summed E-state index contributed by atoms with van der Waals surface area (Å²) < 4.78 is 3.41. The van der Waals surface area contributed by atoms with Gasteiger partial charge in [0.15, 0.2) is 5.78 Å². The van der Waals surface area contributed by atoms with Crippen LogP contribution in [0.2, 0.25) is 0 Å². The van der Waals surface area contributed by atoms with Crippen LogP contribution in [-0.4, -0.2) is 25.3 Å². The Morgan fingerprint density at radius 2 is 2.00 bits per heavy atom. The Morgan fingerprint density at radius 3 is 2.47 bits per heavy atom. The Labute approximate surface area is 100 Å². The van der Waals surface area contributed by atoms with E-state index in [0.29, 0.717) is 12.1 Å². The summed E-state index contributed by atoms with van der Waals surface area (Å²) in [5.74, 6) is 0.0733. The first-order chi connectivity index (χ1) is 8.00. The van der Waals surface area contributed by atoms with E-state index < -0.39 is 0 Å². The number of hydrogen-bond acceptors (Lipinski definition) is 3. The zero-order chi connectivity index (χ0) is 12.6. The monoisotopic (exact) mass is 232 g/mol. The van der Waals surface area contributed by atoms with Crippen LogP contribution in [0.4, 0.5) is 0 Å². The molecule has 0 radical (unpaired) electrons. The summed E-state index contributed by atoms with van der Waals surface area (Å²) in [5.41, 5.74) is 3.60. The predicted molar refractivity (Wildman–Crippen MR) is 63.9 cm³/mol. The Morgan fingerprint density at radius 1 is 1.29 bits per heavy atom. The van der Waals surface area contributed by atoms with Crippen LogP contribution in [0.15, 0.2) is 12.3 Å². The normalized spacial score (nSPS) is 10.8.